The molecule has 1 N–H and O–H groups in total. The number of ether oxygens (including phenoxy) is 3. The number of methoxy groups -OCH3 is 3. The number of anilines is 1. The number of aryl methyl sites for hydroxylation is 2. The number of nitrogens with zero attached hydrogens (tertiary/aromatic N) is 3. The van der Waals surface area contributed by atoms with Gasteiger partial charge in [-0.3, -0.25) is 9.59 Å². The molecular formula is C23H26N4O5S. The summed E-state index contributed by atoms with van der Waals surface area (Å²) >= 11 is 1.39. The van der Waals surface area contributed by atoms with Crippen molar-refractivity contribution in [2.75, 3.05) is 26.6 Å². The highest BCUT2D eigenvalue weighted by Gasteiger charge is 2.14. The Kier molecular flexibility index (Phi) is 7.94. The van der Waals surface area contributed by atoms with Crippen LogP contribution in [0.3, 0.4) is 0 Å². The third-order valence-electron chi connectivity index (χ3n) is 4.71. The fourth-order valence-electron chi connectivity index (χ4n) is 3.17. The molecule has 0 atom stereocenters. The molecule has 1 aromatic carbocycles. The summed E-state index contributed by atoms with van der Waals surface area (Å²) < 4.78 is 17.4. The third kappa shape index (κ3) is 6.26. The topological polar surface area (TPSA) is 105 Å². The van der Waals surface area contributed by atoms with Gasteiger partial charge < -0.3 is 24.1 Å². The second-order valence-electron chi connectivity index (χ2n) is 7.16. The monoisotopic (exact) mass is 470 g/mol. The molecule has 0 bridgehead atoms. The molecule has 10 heteroatoms. The summed E-state index contributed by atoms with van der Waals surface area (Å²) in [5.41, 5.74) is 2.59. The number of nitrogens with one attached hydrogen (secondary N) is 1. The molecule has 0 aliphatic rings. The summed E-state index contributed by atoms with van der Waals surface area (Å²) in [6, 6.07) is 8.49. The van der Waals surface area contributed by atoms with Crippen LogP contribution in [-0.2, 0) is 17.1 Å². The van der Waals surface area contributed by atoms with Gasteiger partial charge in [0.05, 0.1) is 33.2 Å². The second-order valence-corrected chi connectivity index (χ2v) is 8.10. The summed E-state index contributed by atoms with van der Waals surface area (Å²) in [5, 5.41) is 3.44. The molecule has 0 spiro atoms. The molecule has 0 aliphatic carbocycles. The lowest BCUT2D eigenvalue weighted by molar-refractivity contribution is -0.116. The zero-order valence-corrected chi connectivity index (χ0v) is 20.0. The van der Waals surface area contributed by atoms with Crippen LogP contribution in [0.15, 0.2) is 46.5 Å². The van der Waals surface area contributed by atoms with E-state index in [-0.39, 0.29) is 23.6 Å². The zero-order valence-electron chi connectivity index (χ0n) is 19.2. The molecule has 174 valence electrons. The summed E-state index contributed by atoms with van der Waals surface area (Å²) in [4.78, 5) is 34.1. The minimum absolute atomic E-state index is 0.0411. The lowest BCUT2D eigenvalue weighted by Crippen LogP contribution is -2.23. The molecule has 9 nitrogen and oxygen atoms in total. The highest BCUT2D eigenvalue weighted by atomic mass is 32.2. The van der Waals surface area contributed by atoms with Crippen molar-refractivity contribution in [1.29, 1.82) is 0 Å². The number of pyridine rings is 1. The number of benzene rings is 1. The van der Waals surface area contributed by atoms with Gasteiger partial charge in [0, 0.05) is 35.0 Å². The van der Waals surface area contributed by atoms with E-state index in [1.54, 1.807) is 29.9 Å². The van der Waals surface area contributed by atoms with E-state index in [2.05, 4.69) is 15.3 Å². The van der Waals surface area contributed by atoms with Gasteiger partial charge in [0.2, 0.25) is 11.3 Å². The van der Waals surface area contributed by atoms with E-state index >= 15 is 0 Å². The number of rotatable bonds is 9. The highest BCUT2D eigenvalue weighted by molar-refractivity contribution is 7.98. The van der Waals surface area contributed by atoms with Crippen molar-refractivity contribution in [3.63, 3.8) is 0 Å². The molecule has 0 radical (unpaired) electrons. The Morgan fingerprint density at radius 1 is 1.00 bits per heavy atom. The number of carbonyl (C=O) groups is 1. The van der Waals surface area contributed by atoms with Crippen molar-refractivity contribution >= 4 is 23.4 Å². The van der Waals surface area contributed by atoms with Gasteiger partial charge in [0.15, 0.2) is 10.9 Å². The van der Waals surface area contributed by atoms with Gasteiger partial charge in [0.25, 0.3) is 0 Å². The largest absolute Gasteiger partial charge is 0.497 e. The van der Waals surface area contributed by atoms with Crippen LogP contribution in [0.25, 0.3) is 0 Å². The molecule has 33 heavy (non-hydrogen) atoms. The molecular weight excluding hydrogens is 444 g/mol. The minimum atomic E-state index is -0.304. The number of hydrogen-bond acceptors (Lipinski definition) is 8. The molecule has 0 saturated carbocycles. The molecule has 2 aromatic heterocycles. The van der Waals surface area contributed by atoms with E-state index in [9.17, 15) is 9.59 Å². The zero-order chi connectivity index (χ0) is 24.0. The van der Waals surface area contributed by atoms with Crippen molar-refractivity contribution < 1.29 is 19.0 Å². The minimum Gasteiger partial charge on any atom is -0.497 e. The molecule has 0 unspecified atom stereocenters. The predicted octanol–water partition coefficient (Wildman–Crippen LogP) is 3.21. The lowest BCUT2D eigenvalue weighted by atomic mass is 10.2. The van der Waals surface area contributed by atoms with Crippen LogP contribution in [0.1, 0.15) is 17.1 Å². The summed E-state index contributed by atoms with van der Waals surface area (Å²) in [6.45, 7) is 3.76. The van der Waals surface area contributed by atoms with Gasteiger partial charge in [-0.2, -0.15) is 0 Å². The van der Waals surface area contributed by atoms with Gasteiger partial charge in [-0.1, -0.05) is 11.8 Å². The maximum atomic E-state index is 12.9. The number of aromatic nitrogens is 3. The molecule has 0 aliphatic heterocycles. The van der Waals surface area contributed by atoms with Crippen molar-refractivity contribution in [3.8, 4) is 17.2 Å². The van der Waals surface area contributed by atoms with Crippen LogP contribution in [0.2, 0.25) is 0 Å². The summed E-state index contributed by atoms with van der Waals surface area (Å²) in [6.07, 6.45) is 1.53. The molecule has 0 fully saturated rings. The first-order chi connectivity index (χ1) is 15.8. The standard InChI is InChI=1S/C23H26N4O5S/c1-14-8-15(2)25-23(24-14)33-13-16-9-19(28)21(32-5)11-27(16)12-22(29)26-18-10-17(30-3)6-7-20(18)31-4/h6-11H,12-13H2,1-5H3,(H,26,29). The molecule has 2 heterocycles. The Hall–Kier alpha value is -3.53. The first-order valence-corrected chi connectivity index (χ1v) is 11.1. The van der Waals surface area contributed by atoms with E-state index in [0.717, 1.165) is 11.4 Å². The van der Waals surface area contributed by atoms with Gasteiger partial charge in [-0.25, -0.2) is 9.97 Å². The van der Waals surface area contributed by atoms with Gasteiger partial charge in [-0.15, -0.1) is 0 Å². The molecule has 3 rings (SSSR count). The first-order valence-electron chi connectivity index (χ1n) is 10.1. The lowest BCUT2D eigenvalue weighted by Gasteiger charge is -2.16. The highest BCUT2D eigenvalue weighted by Crippen LogP contribution is 2.29. The van der Waals surface area contributed by atoms with E-state index in [1.807, 2.05) is 19.9 Å². The molecule has 3 aromatic rings. The second kappa shape index (κ2) is 10.9. The van der Waals surface area contributed by atoms with Crippen molar-refractivity contribution in [2.24, 2.45) is 0 Å². The number of carbonyl (C=O) groups excluding carboxylic acids is 1. The Bertz CT molecular complexity index is 1190. The SMILES string of the molecule is COc1ccc(OC)c(NC(=O)Cn2cc(OC)c(=O)cc2CSc2nc(C)cc(C)n2)c1. The van der Waals surface area contributed by atoms with Crippen LogP contribution in [-0.4, -0.2) is 41.8 Å². The fourth-order valence-corrected chi connectivity index (χ4v) is 4.11. The van der Waals surface area contributed by atoms with Crippen LogP contribution in [0.5, 0.6) is 17.2 Å². The Labute approximate surface area is 196 Å². The quantitative estimate of drug-likeness (QED) is 0.376. The predicted molar refractivity (Wildman–Crippen MR) is 126 cm³/mol. The van der Waals surface area contributed by atoms with Crippen molar-refractivity contribution in [2.45, 2.75) is 31.3 Å². The summed E-state index contributed by atoms with van der Waals surface area (Å²) in [7, 11) is 4.48. The third-order valence-corrected chi connectivity index (χ3v) is 5.59. The average molecular weight is 471 g/mol. The fraction of sp³-hybridized carbons (Fsp3) is 0.304. The van der Waals surface area contributed by atoms with E-state index in [0.29, 0.717) is 33.8 Å². The number of amides is 1. The van der Waals surface area contributed by atoms with E-state index in [4.69, 9.17) is 14.2 Å². The van der Waals surface area contributed by atoms with Crippen LogP contribution in [0, 0.1) is 13.8 Å². The average Bonchev–Trinajstić information content (AvgIpc) is 2.78. The van der Waals surface area contributed by atoms with Crippen LogP contribution >= 0.6 is 11.8 Å². The van der Waals surface area contributed by atoms with Gasteiger partial charge in [-0.05, 0) is 32.0 Å². The maximum absolute atomic E-state index is 12.9. The van der Waals surface area contributed by atoms with Gasteiger partial charge >= 0.3 is 0 Å². The van der Waals surface area contributed by atoms with Crippen molar-refractivity contribution in [1.82, 2.24) is 14.5 Å². The van der Waals surface area contributed by atoms with E-state index in [1.165, 1.54) is 38.2 Å². The van der Waals surface area contributed by atoms with Crippen LogP contribution in [0.4, 0.5) is 5.69 Å². The van der Waals surface area contributed by atoms with Gasteiger partial charge in [0.1, 0.15) is 18.0 Å². The first kappa shape index (κ1) is 24.1. The number of thioether (sulfide) groups is 1. The molecule has 0 saturated heterocycles. The van der Waals surface area contributed by atoms with Crippen molar-refractivity contribution in [3.05, 3.63) is 63.8 Å². The Morgan fingerprint density at radius 2 is 1.70 bits per heavy atom. The van der Waals surface area contributed by atoms with Crippen LogP contribution < -0.4 is 25.0 Å². The Morgan fingerprint density at radius 3 is 2.33 bits per heavy atom. The maximum Gasteiger partial charge on any atom is 0.244 e. The summed E-state index contributed by atoms with van der Waals surface area (Å²) in [5.74, 6) is 1.34. The molecule has 1 amide bonds. The Balaban J connectivity index is 1.84. The smallest absolute Gasteiger partial charge is 0.244 e. The van der Waals surface area contributed by atoms with E-state index < -0.39 is 0 Å². The normalized spacial score (nSPS) is 10.6. The number of hydrogen-bond donors (Lipinski definition) is 1.